The van der Waals surface area contributed by atoms with Crippen LogP contribution >= 0.6 is 11.6 Å². The molecule has 1 rings (SSSR count). The third kappa shape index (κ3) is 3.69. The lowest BCUT2D eigenvalue weighted by Gasteiger charge is -2.15. The molecule has 0 saturated heterocycles. The minimum atomic E-state index is -4.26. The van der Waals surface area contributed by atoms with Crippen LogP contribution in [-0.4, -0.2) is 39.3 Å². The van der Waals surface area contributed by atoms with Crippen molar-refractivity contribution < 1.29 is 27.5 Å². The molecule has 0 aliphatic carbocycles. The van der Waals surface area contributed by atoms with E-state index in [0.29, 0.717) is 0 Å². The van der Waals surface area contributed by atoms with E-state index in [-0.39, 0.29) is 11.6 Å². The summed E-state index contributed by atoms with van der Waals surface area (Å²) in [5, 5.41) is 10.5. The normalized spacial score (nSPS) is 12.9. The van der Waals surface area contributed by atoms with Crippen molar-refractivity contribution in [1.29, 1.82) is 0 Å². The van der Waals surface area contributed by atoms with Gasteiger partial charge in [-0.3, -0.25) is 0 Å². The number of ether oxygens (including phenoxy) is 1. The molecule has 18 heavy (non-hydrogen) atoms. The Morgan fingerprint density at radius 2 is 2.00 bits per heavy atom. The van der Waals surface area contributed by atoms with Crippen LogP contribution in [0.4, 0.5) is 17.6 Å². The molecular weight excluding hydrogens is 282 g/mol. The lowest BCUT2D eigenvalue weighted by molar-refractivity contribution is -0.148. The highest BCUT2D eigenvalue weighted by Gasteiger charge is 2.41. The summed E-state index contributed by atoms with van der Waals surface area (Å²) in [6, 6.07) is 0. The van der Waals surface area contributed by atoms with Gasteiger partial charge < -0.3 is 9.94 Å². The van der Waals surface area contributed by atoms with Crippen LogP contribution < -0.4 is 4.74 Å². The largest absolute Gasteiger partial charge is 0.484 e. The predicted molar refractivity (Wildman–Crippen MR) is 52.7 cm³/mol. The van der Waals surface area contributed by atoms with Gasteiger partial charge in [-0.2, -0.15) is 8.78 Å². The molecule has 10 heteroatoms. The van der Waals surface area contributed by atoms with Crippen LogP contribution in [0.1, 0.15) is 5.82 Å². The fraction of sp³-hybridized carbons (Fsp3) is 0.375. The zero-order valence-electron chi connectivity index (χ0n) is 8.53. The van der Waals surface area contributed by atoms with Gasteiger partial charge in [0.25, 0.3) is 0 Å². The zero-order valence-corrected chi connectivity index (χ0v) is 9.28. The van der Waals surface area contributed by atoms with E-state index in [1.807, 2.05) is 0 Å². The average Bonchev–Trinajstić information content (AvgIpc) is 2.36. The van der Waals surface area contributed by atoms with Crippen molar-refractivity contribution in [3.8, 4) is 5.75 Å². The molecule has 1 N–H and O–H groups in total. The predicted octanol–water partition coefficient (Wildman–Crippen LogP) is 2.13. The van der Waals surface area contributed by atoms with Crippen LogP contribution in [0.5, 0.6) is 5.75 Å². The second-order valence-corrected chi connectivity index (χ2v) is 3.34. The number of rotatable bonds is 5. The maximum Gasteiger partial charge on any atom is 0.340 e. The highest BCUT2D eigenvalue weighted by Crippen LogP contribution is 2.23. The molecule has 100 valence electrons. The Kier molecular flexibility index (Phi) is 4.65. The van der Waals surface area contributed by atoms with Gasteiger partial charge in [0.05, 0.1) is 12.4 Å². The molecule has 0 fully saturated rings. The Morgan fingerprint density at radius 3 is 2.44 bits per heavy atom. The van der Waals surface area contributed by atoms with Crippen molar-refractivity contribution in [1.82, 2.24) is 9.97 Å². The summed E-state index contributed by atoms with van der Waals surface area (Å²) in [6.07, 6.45) is -1.97. The first-order chi connectivity index (χ1) is 8.36. The van der Waals surface area contributed by atoms with Crippen molar-refractivity contribution in [3.05, 3.63) is 18.2 Å². The van der Waals surface area contributed by atoms with E-state index < -0.39 is 24.1 Å². The average molecular weight is 288 g/mol. The van der Waals surface area contributed by atoms with Crippen molar-refractivity contribution in [2.75, 3.05) is 6.61 Å². The van der Waals surface area contributed by atoms with E-state index in [1.54, 1.807) is 0 Å². The third-order valence-electron chi connectivity index (χ3n) is 1.65. The van der Waals surface area contributed by atoms with Crippen LogP contribution in [0.3, 0.4) is 0 Å². The zero-order chi connectivity index (χ0) is 13.8. The molecule has 0 aromatic carbocycles. The molecule has 0 radical (unpaired) electrons. The first-order valence-electron chi connectivity index (χ1n) is 4.35. The van der Waals surface area contributed by atoms with Gasteiger partial charge in [0.1, 0.15) is 0 Å². The Hall–Kier alpha value is -1.64. The molecule has 1 aromatic rings. The molecule has 0 aliphatic rings. The van der Waals surface area contributed by atoms with Crippen LogP contribution in [0.15, 0.2) is 17.5 Å². The lowest BCUT2D eigenvalue weighted by Crippen LogP contribution is -2.33. The SMILES string of the molecule is O/N=C(\Cl)c1ncc(OCC(F)(F)C(F)F)cn1. The number of nitrogens with zero attached hydrogens (tertiary/aromatic N) is 3. The highest BCUT2D eigenvalue weighted by atomic mass is 35.5. The van der Waals surface area contributed by atoms with E-state index >= 15 is 0 Å². The second kappa shape index (κ2) is 5.80. The number of halogens is 5. The van der Waals surface area contributed by atoms with E-state index in [0.717, 1.165) is 12.4 Å². The number of oxime groups is 1. The molecule has 1 aromatic heterocycles. The minimum Gasteiger partial charge on any atom is -0.484 e. The summed E-state index contributed by atoms with van der Waals surface area (Å²) in [5.74, 6) is -4.68. The van der Waals surface area contributed by atoms with Gasteiger partial charge in [0.2, 0.25) is 5.17 Å². The first kappa shape index (κ1) is 14.4. The van der Waals surface area contributed by atoms with Crippen LogP contribution in [0.25, 0.3) is 0 Å². The van der Waals surface area contributed by atoms with Gasteiger partial charge >= 0.3 is 12.3 Å². The Morgan fingerprint density at radius 1 is 1.44 bits per heavy atom. The smallest absolute Gasteiger partial charge is 0.340 e. The molecular formula is C8H6ClF4N3O2. The number of alkyl halides is 4. The van der Waals surface area contributed by atoms with E-state index in [1.165, 1.54) is 0 Å². The number of hydrogen-bond donors (Lipinski definition) is 1. The quantitative estimate of drug-likeness (QED) is 0.390. The summed E-state index contributed by atoms with van der Waals surface area (Å²) in [5.41, 5.74) is 0. The van der Waals surface area contributed by atoms with Gasteiger partial charge in [0.15, 0.2) is 18.2 Å². The van der Waals surface area contributed by atoms with Crippen molar-refractivity contribution >= 4 is 16.8 Å². The summed E-state index contributed by atoms with van der Waals surface area (Å²) in [7, 11) is 0. The molecule has 0 spiro atoms. The summed E-state index contributed by atoms with van der Waals surface area (Å²) >= 11 is 5.35. The number of hydrogen-bond acceptors (Lipinski definition) is 5. The standard InChI is InChI=1S/C8H6ClF4N3O2/c9-5(16-17)6-14-1-4(2-15-6)18-3-8(12,13)7(10)11/h1-2,7,17H,3H2/b16-5-. The van der Waals surface area contributed by atoms with E-state index in [9.17, 15) is 17.6 Å². The monoisotopic (exact) mass is 287 g/mol. The van der Waals surface area contributed by atoms with Crippen molar-refractivity contribution in [2.45, 2.75) is 12.3 Å². The van der Waals surface area contributed by atoms with Gasteiger partial charge in [-0.05, 0) is 0 Å². The Balaban J connectivity index is 2.65. The molecule has 0 amide bonds. The van der Waals surface area contributed by atoms with E-state index in [4.69, 9.17) is 16.8 Å². The second-order valence-electron chi connectivity index (χ2n) is 2.98. The summed E-state index contributed by atoms with van der Waals surface area (Å²) in [4.78, 5) is 7.01. The molecule has 0 saturated carbocycles. The Labute approximate surface area is 103 Å². The minimum absolute atomic E-state index is 0.174. The molecule has 1 heterocycles. The molecule has 0 aliphatic heterocycles. The van der Waals surface area contributed by atoms with Gasteiger partial charge in [0, 0.05) is 0 Å². The highest BCUT2D eigenvalue weighted by molar-refractivity contribution is 6.68. The van der Waals surface area contributed by atoms with Crippen LogP contribution in [-0.2, 0) is 0 Å². The van der Waals surface area contributed by atoms with E-state index in [2.05, 4.69) is 19.9 Å². The molecule has 5 nitrogen and oxygen atoms in total. The summed E-state index contributed by atoms with van der Waals surface area (Å²) in [6.45, 7) is -1.50. The van der Waals surface area contributed by atoms with Gasteiger partial charge in [-0.1, -0.05) is 16.8 Å². The first-order valence-corrected chi connectivity index (χ1v) is 4.73. The lowest BCUT2D eigenvalue weighted by atomic mass is 10.4. The van der Waals surface area contributed by atoms with Crippen LogP contribution in [0.2, 0.25) is 0 Å². The fourth-order valence-corrected chi connectivity index (χ4v) is 0.882. The fourth-order valence-electron chi connectivity index (χ4n) is 0.785. The van der Waals surface area contributed by atoms with Crippen LogP contribution in [0, 0.1) is 0 Å². The molecule has 0 atom stereocenters. The third-order valence-corrected chi connectivity index (χ3v) is 1.90. The topological polar surface area (TPSA) is 67.6 Å². The maximum atomic E-state index is 12.5. The molecule has 0 bridgehead atoms. The molecule has 0 unspecified atom stereocenters. The van der Waals surface area contributed by atoms with Gasteiger partial charge in [-0.25, -0.2) is 18.7 Å². The Bertz CT molecular complexity index is 427. The van der Waals surface area contributed by atoms with Crippen molar-refractivity contribution in [3.63, 3.8) is 0 Å². The maximum absolute atomic E-state index is 12.5. The summed E-state index contributed by atoms with van der Waals surface area (Å²) < 4.78 is 53.0. The number of aromatic nitrogens is 2. The van der Waals surface area contributed by atoms with Crippen molar-refractivity contribution in [2.24, 2.45) is 5.16 Å². The van der Waals surface area contributed by atoms with Gasteiger partial charge in [-0.15, -0.1) is 0 Å².